The summed E-state index contributed by atoms with van der Waals surface area (Å²) in [5.74, 6) is -0.735. The normalized spacial score (nSPS) is 9.97. The quantitative estimate of drug-likeness (QED) is 0.236. The largest absolute Gasteiger partial charge is 3.00 e. The van der Waals surface area contributed by atoms with Crippen LogP contribution in [0.4, 0.5) is 0 Å². The van der Waals surface area contributed by atoms with Crippen molar-refractivity contribution in [2.24, 2.45) is 17.8 Å². The van der Waals surface area contributed by atoms with Crippen molar-refractivity contribution in [3.8, 4) is 0 Å². The number of carboxylic acid groups (broad SMARTS) is 3. The van der Waals surface area contributed by atoms with Crippen molar-refractivity contribution in [2.45, 2.75) is 119 Å². The van der Waals surface area contributed by atoms with Gasteiger partial charge < -0.3 is 29.7 Å². The third-order valence-corrected chi connectivity index (χ3v) is 4.24. The van der Waals surface area contributed by atoms with Gasteiger partial charge in [-0.2, -0.15) is 0 Å². The van der Waals surface area contributed by atoms with Gasteiger partial charge in [-0.25, -0.2) is 0 Å². The van der Waals surface area contributed by atoms with Gasteiger partial charge in [0, 0.05) is 17.9 Å². The number of aliphatic carboxylic acids is 3. The Hall–Kier alpha value is -0.967. The van der Waals surface area contributed by atoms with Crippen molar-refractivity contribution in [1.82, 2.24) is 0 Å². The van der Waals surface area contributed by atoms with E-state index < -0.39 is 17.9 Å². The second-order valence-corrected chi connectivity index (χ2v) is 9.03. The van der Waals surface area contributed by atoms with E-state index in [9.17, 15) is 29.7 Å². The number of hydrogen-bond acceptors (Lipinski definition) is 6. The van der Waals surface area contributed by atoms with Crippen LogP contribution in [0, 0.1) is 17.8 Å². The van der Waals surface area contributed by atoms with E-state index in [1.807, 2.05) is 0 Å². The molecule has 0 aromatic carbocycles. The molecule has 0 aromatic heterocycles. The number of unbranched alkanes of at least 4 members (excludes halogenated alkanes) is 3. The van der Waals surface area contributed by atoms with Crippen molar-refractivity contribution >= 4 is 17.9 Å². The van der Waals surface area contributed by atoms with Crippen LogP contribution >= 0.6 is 0 Å². The number of carbonyl (C=O) groups excluding carboxylic acids is 3. The number of carboxylic acids is 3. The van der Waals surface area contributed by atoms with E-state index in [2.05, 4.69) is 41.5 Å². The van der Waals surface area contributed by atoms with E-state index >= 15 is 0 Å². The average Bonchev–Trinajstić information content (AvgIpc) is 2.60. The van der Waals surface area contributed by atoms with E-state index in [1.165, 1.54) is 0 Å². The minimum Gasteiger partial charge on any atom is -0.550 e. The summed E-state index contributed by atoms with van der Waals surface area (Å²) in [6.07, 6.45) is 9.31. The predicted molar refractivity (Wildman–Crippen MR) is 115 cm³/mol. The van der Waals surface area contributed by atoms with Crippen molar-refractivity contribution in [3.63, 3.8) is 0 Å². The smallest absolute Gasteiger partial charge is 0.550 e. The first-order valence-corrected chi connectivity index (χ1v) is 11.5. The van der Waals surface area contributed by atoms with Crippen LogP contribution in [-0.4, -0.2) is 17.9 Å². The molecule has 0 aliphatic carbocycles. The van der Waals surface area contributed by atoms with E-state index in [0.717, 1.165) is 57.8 Å². The molecule has 0 fully saturated rings. The molecule has 7 heteroatoms. The first-order valence-electron chi connectivity index (χ1n) is 11.5. The molecular weight excluding hydrogens is 487 g/mol. The Balaban J connectivity index is -0.000000174. The summed E-state index contributed by atoms with van der Waals surface area (Å²) in [6, 6.07) is 0. The molecule has 0 aromatic rings. The van der Waals surface area contributed by atoms with Gasteiger partial charge in [-0.15, -0.1) is 0 Å². The minimum atomic E-state index is -0.927. The Morgan fingerprint density at radius 1 is 0.484 bits per heavy atom. The van der Waals surface area contributed by atoms with Gasteiger partial charge >= 0.3 is 19.5 Å². The molecule has 0 aliphatic heterocycles. The monoisotopic (exact) mass is 532 g/mol. The molecule has 0 amide bonds. The van der Waals surface area contributed by atoms with Crippen LogP contribution in [0.3, 0.4) is 0 Å². The molecule has 0 spiro atoms. The molecular formula is C24H45O6Rh. The Bertz CT molecular complexity index is 360. The van der Waals surface area contributed by atoms with Crippen LogP contribution in [0.5, 0.6) is 0 Å². The van der Waals surface area contributed by atoms with Crippen molar-refractivity contribution in [1.29, 1.82) is 0 Å². The van der Waals surface area contributed by atoms with Gasteiger partial charge in [0.25, 0.3) is 0 Å². The molecule has 0 aliphatic rings. The summed E-state index contributed by atoms with van der Waals surface area (Å²) in [4.78, 5) is 29.8. The summed E-state index contributed by atoms with van der Waals surface area (Å²) in [7, 11) is 0. The third-order valence-electron chi connectivity index (χ3n) is 4.24. The summed E-state index contributed by atoms with van der Waals surface area (Å²) < 4.78 is 0. The molecule has 0 unspecified atom stereocenters. The SMILES string of the molecule is CC(C)CCCCC(=O)[O-].CC(C)CCCCC(=O)[O-].CC(C)CCCCC(=O)[O-].[Rh+3]. The average molecular weight is 533 g/mol. The molecule has 0 heterocycles. The second-order valence-electron chi connectivity index (χ2n) is 9.03. The Morgan fingerprint density at radius 2 is 0.677 bits per heavy atom. The number of rotatable bonds is 15. The fourth-order valence-corrected chi connectivity index (χ4v) is 2.47. The Kier molecular flexibility index (Phi) is 32.6. The van der Waals surface area contributed by atoms with Gasteiger partial charge in [0.1, 0.15) is 0 Å². The van der Waals surface area contributed by atoms with Gasteiger partial charge in [0.2, 0.25) is 0 Å². The molecule has 0 saturated carbocycles. The molecule has 186 valence electrons. The van der Waals surface area contributed by atoms with Crippen molar-refractivity contribution < 1.29 is 49.2 Å². The topological polar surface area (TPSA) is 120 Å². The molecule has 0 radical (unpaired) electrons. The third kappa shape index (κ3) is 52.9. The van der Waals surface area contributed by atoms with Gasteiger partial charge in [-0.05, 0) is 56.3 Å². The maximum absolute atomic E-state index is 9.93. The van der Waals surface area contributed by atoms with Crippen LogP contribution in [-0.2, 0) is 33.9 Å². The van der Waals surface area contributed by atoms with E-state index in [4.69, 9.17) is 0 Å². The van der Waals surface area contributed by atoms with Gasteiger partial charge in [-0.3, -0.25) is 0 Å². The summed E-state index contributed by atoms with van der Waals surface area (Å²) >= 11 is 0. The van der Waals surface area contributed by atoms with Gasteiger partial charge in [-0.1, -0.05) is 80.1 Å². The molecule has 31 heavy (non-hydrogen) atoms. The summed E-state index contributed by atoms with van der Waals surface area (Å²) in [5.41, 5.74) is 0. The first-order chi connectivity index (χ1) is 13.9. The van der Waals surface area contributed by atoms with E-state index in [1.54, 1.807) is 0 Å². The fraction of sp³-hybridized carbons (Fsp3) is 0.875. The Morgan fingerprint density at radius 3 is 0.806 bits per heavy atom. The zero-order valence-corrected chi connectivity index (χ0v) is 22.1. The molecule has 0 bridgehead atoms. The minimum absolute atomic E-state index is 0. The van der Waals surface area contributed by atoms with Gasteiger partial charge in [0.15, 0.2) is 0 Å². The Labute approximate surface area is 203 Å². The maximum atomic E-state index is 9.93. The maximum Gasteiger partial charge on any atom is 3.00 e. The van der Waals surface area contributed by atoms with Crippen LogP contribution in [0.2, 0.25) is 0 Å². The summed E-state index contributed by atoms with van der Waals surface area (Å²) in [5, 5.41) is 29.8. The molecule has 0 atom stereocenters. The van der Waals surface area contributed by atoms with E-state index in [0.29, 0.717) is 17.8 Å². The summed E-state index contributed by atoms with van der Waals surface area (Å²) in [6.45, 7) is 12.8. The van der Waals surface area contributed by atoms with Crippen LogP contribution in [0.1, 0.15) is 119 Å². The number of hydrogen-bond donors (Lipinski definition) is 0. The molecule has 0 N–H and O–H groups in total. The molecule has 0 rings (SSSR count). The van der Waals surface area contributed by atoms with Crippen LogP contribution < -0.4 is 15.3 Å². The van der Waals surface area contributed by atoms with Crippen LogP contribution in [0.15, 0.2) is 0 Å². The zero-order chi connectivity index (χ0) is 23.9. The fourth-order valence-electron chi connectivity index (χ4n) is 2.47. The predicted octanol–water partition coefficient (Wildman–Crippen LogP) is 2.86. The second kappa shape index (κ2) is 27.1. The first kappa shape index (κ1) is 37.4. The molecule has 6 nitrogen and oxygen atoms in total. The van der Waals surface area contributed by atoms with Gasteiger partial charge in [0.05, 0.1) is 0 Å². The van der Waals surface area contributed by atoms with Crippen LogP contribution in [0.25, 0.3) is 0 Å². The van der Waals surface area contributed by atoms with E-state index in [-0.39, 0.29) is 38.7 Å². The van der Waals surface area contributed by atoms with Crippen molar-refractivity contribution in [2.75, 3.05) is 0 Å². The standard InChI is InChI=1S/3C8H16O2.Rh/c3*1-7(2)5-3-4-6-8(9)10;/h3*7H,3-6H2,1-2H3,(H,9,10);/q;;;+3/p-3. The zero-order valence-electron chi connectivity index (χ0n) is 20.5. The van der Waals surface area contributed by atoms with Crippen molar-refractivity contribution in [3.05, 3.63) is 0 Å². The molecule has 0 saturated heterocycles. The number of carbonyl (C=O) groups is 3.